The van der Waals surface area contributed by atoms with Crippen LogP contribution in [0.5, 0.6) is 0 Å². The summed E-state index contributed by atoms with van der Waals surface area (Å²) >= 11 is 0. The number of likely N-dealkylation sites (tertiary alicyclic amines) is 1. The zero-order valence-corrected chi connectivity index (χ0v) is 16.1. The van der Waals surface area contributed by atoms with Crippen LogP contribution in [-0.2, 0) is 16.0 Å². The van der Waals surface area contributed by atoms with Crippen LogP contribution in [0.2, 0.25) is 0 Å². The normalized spacial score (nSPS) is 14.3. The number of hydrogen-bond donors (Lipinski definition) is 2. The summed E-state index contributed by atoms with van der Waals surface area (Å²) in [5.74, 6) is -0.852. The van der Waals surface area contributed by atoms with Crippen molar-refractivity contribution < 1.29 is 18.8 Å². The Hall–Kier alpha value is -3.22. The van der Waals surface area contributed by atoms with Gasteiger partial charge in [-0.3, -0.25) is 14.4 Å². The van der Waals surface area contributed by atoms with Crippen LogP contribution in [0.1, 0.15) is 28.8 Å². The van der Waals surface area contributed by atoms with E-state index in [1.165, 1.54) is 12.1 Å². The zero-order chi connectivity index (χ0) is 20.6. The van der Waals surface area contributed by atoms with Crippen molar-refractivity contribution >= 4 is 17.7 Å². The molecule has 152 valence electrons. The first-order valence-electron chi connectivity index (χ1n) is 9.66. The molecule has 0 radical (unpaired) electrons. The van der Waals surface area contributed by atoms with Crippen molar-refractivity contribution in [1.82, 2.24) is 15.5 Å². The molecule has 0 saturated carbocycles. The van der Waals surface area contributed by atoms with Crippen LogP contribution < -0.4 is 10.6 Å². The van der Waals surface area contributed by atoms with Crippen molar-refractivity contribution in [2.45, 2.75) is 25.3 Å². The van der Waals surface area contributed by atoms with Gasteiger partial charge in [0.1, 0.15) is 5.82 Å². The number of halogens is 1. The van der Waals surface area contributed by atoms with Gasteiger partial charge in [-0.05, 0) is 42.7 Å². The van der Waals surface area contributed by atoms with E-state index in [0.717, 1.165) is 5.56 Å². The number of benzene rings is 2. The van der Waals surface area contributed by atoms with Gasteiger partial charge in [-0.1, -0.05) is 30.3 Å². The molecule has 2 aromatic carbocycles. The maximum absolute atomic E-state index is 12.9. The van der Waals surface area contributed by atoms with Crippen LogP contribution in [0.25, 0.3) is 0 Å². The standard InChI is InChI=1S/C22H24FN3O3/c23-18-8-6-16(7-9-18)14-20(27)25-19-10-12-26(13-11-19)21(28)15-24-22(29)17-4-2-1-3-5-17/h1-9,19H,10-15H2,(H,24,29)(H,25,27). The number of hydrogen-bond acceptors (Lipinski definition) is 3. The molecule has 0 spiro atoms. The smallest absolute Gasteiger partial charge is 0.251 e. The lowest BCUT2D eigenvalue weighted by Gasteiger charge is -2.32. The van der Waals surface area contributed by atoms with Gasteiger partial charge in [-0.15, -0.1) is 0 Å². The van der Waals surface area contributed by atoms with Crippen molar-refractivity contribution in [3.63, 3.8) is 0 Å². The highest BCUT2D eigenvalue weighted by Gasteiger charge is 2.24. The van der Waals surface area contributed by atoms with Crippen molar-refractivity contribution in [3.8, 4) is 0 Å². The summed E-state index contributed by atoms with van der Waals surface area (Å²) in [6.45, 7) is 1.01. The molecule has 0 atom stereocenters. The van der Waals surface area contributed by atoms with E-state index >= 15 is 0 Å². The van der Waals surface area contributed by atoms with Crippen LogP contribution in [0.4, 0.5) is 4.39 Å². The van der Waals surface area contributed by atoms with E-state index in [-0.39, 0.29) is 42.5 Å². The number of rotatable bonds is 6. The topological polar surface area (TPSA) is 78.5 Å². The van der Waals surface area contributed by atoms with Gasteiger partial charge in [0.2, 0.25) is 11.8 Å². The third-order valence-corrected chi connectivity index (χ3v) is 4.93. The zero-order valence-electron chi connectivity index (χ0n) is 16.1. The predicted molar refractivity (Wildman–Crippen MR) is 107 cm³/mol. The second-order valence-electron chi connectivity index (χ2n) is 7.07. The summed E-state index contributed by atoms with van der Waals surface area (Å²) in [6, 6.07) is 14.6. The Labute approximate surface area is 169 Å². The fourth-order valence-corrected chi connectivity index (χ4v) is 3.30. The lowest BCUT2D eigenvalue weighted by molar-refractivity contribution is -0.131. The Bertz CT molecular complexity index is 847. The minimum atomic E-state index is -0.328. The first kappa shape index (κ1) is 20.5. The van der Waals surface area contributed by atoms with Crippen LogP contribution in [0.3, 0.4) is 0 Å². The lowest BCUT2D eigenvalue weighted by Crippen LogP contribution is -2.49. The minimum absolute atomic E-state index is 0.00547. The van der Waals surface area contributed by atoms with Crippen LogP contribution >= 0.6 is 0 Å². The molecule has 0 unspecified atom stereocenters. The van der Waals surface area contributed by atoms with E-state index in [9.17, 15) is 18.8 Å². The summed E-state index contributed by atoms with van der Waals surface area (Å²) < 4.78 is 12.9. The average molecular weight is 397 g/mol. The Morgan fingerprint density at radius 1 is 0.966 bits per heavy atom. The third-order valence-electron chi connectivity index (χ3n) is 4.93. The summed E-state index contributed by atoms with van der Waals surface area (Å²) in [5.41, 5.74) is 1.27. The first-order valence-corrected chi connectivity index (χ1v) is 9.66. The quantitative estimate of drug-likeness (QED) is 0.782. The third kappa shape index (κ3) is 6.14. The minimum Gasteiger partial charge on any atom is -0.353 e. The van der Waals surface area contributed by atoms with Crippen molar-refractivity contribution in [2.75, 3.05) is 19.6 Å². The fraction of sp³-hybridized carbons (Fsp3) is 0.318. The number of nitrogens with one attached hydrogen (secondary N) is 2. The molecule has 0 aliphatic carbocycles. The predicted octanol–water partition coefficient (Wildman–Crippen LogP) is 1.91. The average Bonchev–Trinajstić information content (AvgIpc) is 2.74. The highest BCUT2D eigenvalue weighted by Crippen LogP contribution is 2.11. The van der Waals surface area contributed by atoms with Crippen LogP contribution in [0, 0.1) is 5.82 Å². The van der Waals surface area contributed by atoms with E-state index in [4.69, 9.17) is 0 Å². The van der Waals surface area contributed by atoms with Crippen LogP contribution in [-0.4, -0.2) is 48.3 Å². The molecule has 1 heterocycles. The largest absolute Gasteiger partial charge is 0.353 e. The van der Waals surface area contributed by atoms with E-state index in [2.05, 4.69) is 10.6 Å². The maximum atomic E-state index is 12.9. The molecule has 29 heavy (non-hydrogen) atoms. The van der Waals surface area contributed by atoms with Crippen molar-refractivity contribution in [1.29, 1.82) is 0 Å². The molecular weight excluding hydrogens is 373 g/mol. The number of amides is 3. The Kier molecular flexibility index (Phi) is 6.94. The Balaban J connectivity index is 1.38. The molecule has 0 aromatic heterocycles. The summed E-state index contributed by atoms with van der Waals surface area (Å²) in [5, 5.41) is 5.62. The highest BCUT2D eigenvalue weighted by atomic mass is 19.1. The molecule has 2 N–H and O–H groups in total. The van der Waals surface area contributed by atoms with Crippen molar-refractivity contribution in [3.05, 3.63) is 71.5 Å². The van der Waals surface area contributed by atoms with Gasteiger partial charge in [-0.25, -0.2) is 4.39 Å². The second kappa shape index (κ2) is 9.82. The fourth-order valence-electron chi connectivity index (χ4n) is 3.30. The van der Waals surface area contributed by atoms with Crippen LogP contribution in [0.15, 0.2) is 54.6 Å². The molecule has 7 heteroatoms. The summed E-state index contributed by atoms with van der Waals surface area (Å²) in [4.78, 5) is 38.2. The highest BCUT2D eigenvalue weighted by molar-refractivity contribution is 5.96. The van der Waals surface area contributed by atoms with Gasteiger partial charge in [0.25, 0.3) is 5.91 Å². The SMILES string of the molecule is O=C(Cc1ccc(F)cc1)NC1CCN(C(=O)CNC(=O)c2ccccc2)CC1. The van der Waals surface area contributed by atoms with E-state index < -0.39 is 0 Å². The monoisotopic (exact) mass is 397 g/mol. The molecule has 0 bridgehead atoms. The molecule has 1 aliphatic heterocycles. The summed E-state index contributed by atoms with van der Waals surface area (Å²) in [7, 11) is 0. The lowest BCUT2D eigenvalue weighted by atomic mass is 10.0. The Morgan fingerprint density at radius 3 is 2.28 bits per heavy atom. The van der Waals surface area contributed by atoms with Gasteiger partial charge >= 0.3 is 0 Å². The molecule has 1 saturated heterocycles. The molecule has 1 fully saturated rings. The van der Waals surface area contributed by atoms with E-state index in [1.54, 1.807) is 41.3 Å². The van der Waals surface area contributed by atoms with Crippen molar-refractivity contribution in [2.24, 2.45) is 0 Å². The van der Waals surface area contributed by atoms with Gasteiger partial charge in [-0.2, -0.15) is 0 Å². The molecule has 3 amide bonds. The first-order chi connectivity index (χ1) is 14.0. The molecular formula is C22H24FN3O3. The molecule has 2 aromatic rings. The van der Waals surface area contributed by atoms with Gasteiger partial charge in [0.15, 0.2) is 0 Å². The summed E-state index contributed by atoms with van der Waals surface area (Å²) in [6.07, 6.45) is 1.52. The number of nitrogens with zero attached hydrogens (tertiary/aromatic N) is 1. The van der Waals surface area contributed by atoms with E-state index in [0.29, 0.717) is 31.5 Å². The second-order valence-corrected chi connectivity index (χ2v) is 7.07. The molecule has 6 nitrogen and oxygen atoms in total. The number of carbonyl (C=O) groups is 3. The maximum Gasteiger partial charge on any atom is 0.251 e. The molecule has 1 aliphatic rings. The number of carbonyl (C=O) groups excluding carboxylic acids is 3. The van der Waals surface area contributed by atoms with Gasteiger partial charge < -0.3 is 15.5 Å². The Morgan fingerprint density at radius 2 is 1.62 bits per heavy atom. The number of piperidine rings is 1. The van der Waals surface area contributed by atoms with Gasteiger partial charge in [0.05, 0.1) is 13.0 Å². The van der Waals surface area contributed by atoms with E-state index in [1.807, 2.05) is 6.07 Å². The molecule has 3 rings (SSSR count). The van der Waals surface area contributed by atoms with Gasteiger partial charge in [0, 0.05) is 24.7 Å².